The zero-order chi connectivity index (χ0) is 30.2. The van der Waals surface area contributed by atoms with Crippen molar-refractivity contribution in [3.05, 3.63) is 30.6 Å². The molecule has 0 aromatic carbocycles. The first kappa shape index (κ1) is 37.5. The molecule has 2 N–H and O–H groups in total. The highest BCUT2D eigenvalue weighted by Gasteiger charge is 2.29. The molecule has 10 heteroatoms. The number of hydrogen-bond acceptors (Lipinski definition) is 5. The van der Waals surface area contributed by atoms with E-state index in [0.29, 0.717) is 6.61 Å². The van der Waals surface area contributed by atoms with Crippen molar-refractivity contribution in [2.24, 2.45) is 0 Å². The Hall–Kier alpha value is -1.51. The van der Waals surface area contributed by atoms with E-state index in [1.54, 1.807) is 31.1 Å². The van der Waals surface area contributed by atoms with Gasteiger partial charge in [0, 0.05) is 32.8 Å². The van der Waals surface area contributed by atoms with Crippen molar-refractivity contribution in [2.45, 2.75) is 128 Å². The standard InChI is InChI=1S/C31H57N2O7P/c1-4-5-6-7-8-9-10-11-12-13-14-15-16-17-18-22-25-38-28-30(40-31(34)32(2)3)26-29(27-39-41(35,36)37)33-23-20-19-21-24-33/h19-21,23-24,29-30H,4-18,22,25-28H2,1-3H3,(H-,35,36,37)/p+1. The molecular weight excluding hydrogens is 543 g/mol. The Morgan fingerprint density at radius 1 is 0.780 bits per heavy atom. The summed E-state index contributed by atoms with van der Waals surface area (Å²) in [6.07, 6.45) is 23.8. The quantitative estimate of drug-likeness (QED) is 0.0649. The molecule has 1 aromatic rings. The molecule has 0 spiro atoms. The van der Waals surface area contributed by atoms with E-state index in [4.69, 9.17) is 14.0 Å². The second kappa shape index (κ2) is 24.0. The second-order valence-corrected chi connectivity index (χ2v) is 12.5. The van der Waals surface area contributed by atoms with Gasteiger partial charge >= 0.3 is 13.9 Å². The minimum atomic E-state index is -4.64. The molecule has 0 fully saturated rings. The van der Waals surface area contributed by atoms with Gasteiger partial charge in [-0.15, -0.1) is 0 Å². The Morgan fingerprint density at radius 2 is 1.27 bits per heavy atom. The van der Waals surface area contributed by atoms with Crippen LogP contribution in [-0.2, 0) is 18.6 Å². The van der Waals surface area contributed by atoms with Crippen LogP contribution in [0.5, 0.6) is 0 Å². The van der Waals surface area contributed by atoms with Crippen LogP contribution in [0.1, 0.15) is 122 Å². The SMILES string of the molecule is CCCCCCCCCCCCCCCCCCOCC(CC(COP(=O)(O)O)[n+]1ccccc1)OC(=O)N(C)C. The lowest BCUT2D eigenvalue weighted by Gasteiger charge is -2.23. The molecule has 0 aliphatic rings. The summed E-state index contributed by atoms with van der Waals surface area (Å²) < 4.78 is 29.4. The zero-order valence-corrected chi connectivity index (χ0v) is 26.9. The lowest BCUT2D eigenvalue weighted by atomic mass is 10.0. The molecule has 9 nitrogen and oxygen atoms in total. The predicted octanol–water partition coefficient (Wildman–Crippen LogP) is 7.36. The van der Waals surface area contributed by atoms with E-state index in [2.05, 4.69) is 6.92 Å². The summed E-state index contributed by atoms with van der Waals surface area (Å²) in [5, 5.41) is 0. The Morgan fingerprint density at radius 3 is 1.73 bits per heavy atom. The second-order valence-electron chi connectivity index (χ2n) is 11.3. The van der Waals surface area contributed by atoms with E-state index in [0.717, 1.165) is 12.8 Å². The highest BCUT2D eigenvalue weighted by atomic mass is 31.2. The van der Waals surface area contributed by atoms with Crippen molar-refractivity contribution in [3.8, 4) is 0 Å². The van der Waals surface area contributed by atoms with Crippen LogP contribution in [0.15, 0.2) is 30.6 Å². The van der Waals surface area contributed by atoms with Crippen LogP contribution >= 0.6 is 7.82 Å². The Bertz CT molecular complexity index is 807. The molecule has 41 heavy (non-hydrogen) atoms. The minimum Gasteiger partial charge on any atom is -0.443 e. The number of hydrogen-bond donors (Lipinski definition) is 2. The monoisotopic (exact) mass is 601 g/mol. The molecule has 0 aliphatic heterocycles. The largest absolute Gasteiger partial charge is 0.469 e. The third-order valence-corrected chi connectivity index (χ3v) is 7.69. The van der Waals surface area contributed by atoms with Crippen LogP contribution in [-0.4, -0.2) is 60.8 Å². The van der Waals surface area contributed by atoms with Gasteiger partial charge in [0.25, 0.3) is 0 Å². The van der Waals surface area contributed by atoms with Crippen LogP contribution in [0.2, 0.25) is 0 Å². The molecule has 1 rings (SSSR count). The molecule has 0 saturated carbocycles. The first-order valence-corrected chi connectivity index (χ1v) is 17.4. The Balaban J connectivity index is 2.26. The van der Waals surface area contributed by atoms with Gasteiger partial charge in [-0.1, -0.05) is 109 Å². The summed E-state index contributed by atoms with van der Waals surface area (Å²) in [5.41, 5.74) is 0. The molecule has 1 heterocycles. The fourth-order valence-corrected chi connectivity index (χ4v) is 5.15. The average molecular weight is 602 g/mol. The first-order valence-electron chi connectivity index (χ1n) is 15.8. The van der Waals surface area contributed by atoms with Gasteiger partial charge in [0.1, 0.15) is 12.7 Å². The molecule has 1 aromatic heterocycles. The van der Waals surface area contributed by atoms with E-state index >= 15 is 0 Å². The number of ether oxygens (including phenoxy) is 2. The van der Waals surface area contributed by atoms with Gasteiger partial charge in [0.2, 0.25) is 0 Å². The van der Waals surface area contributed by atoms with Gasteiger partial charge in [-0.2, -0.15) is 4.57 Å². The Labute approximate surface area is 249 Å². The smallest absolute Gasteiger partial charge is 0.443 e. The Kier molecular flexibility index (Phi) is 21.9. The van der Waals surface area contributed by atoms with Gasteiger partial charge < -0.3 is 24.2 Å². The van der Waals surface area contributed by atoms with Gasteiger partial charge in [0.15, 0.2) is 18.4 Å². The number of nitrogens with zero attached hydrogens (tertiary/aromatic N) is 2. The first-order chi connectivity index (χ1) is 19.7. The molecular formula is C31H58N2O7P+. The number of aromatic nitrogens is 1. The van der Waals surface area contributed by atoms with Crippen LogP contribution in [0.25, 0.3) is 0 Å². The lowest BCUT2D eigenvalue weighted by molar-refractivity contribution is -0.725. The fourth-order valence-electron chi connectivity index (χ4n) is 4.78. The van der Waals surface area contributed by atoms with Crippen molar-refractivity contribution in [3.63, 3.8) is 0 Å². The molecule has 238 valence electrons. The third-order valence-electron chi connectivity index (χ3n) is 7.21. The molecule has 0 saturated heterocycles. The molecule has 0 bridgehead atoms. The van der Waals surface area contributed by atoms with Crippen LogP contribution in [0.4, 0.5) is 4.79 Å². The number of amides is 1. The topological polar surface area (TPSA) is 109 Å². The summed E-state index contributed by atoms with van der Waals surface area (Å²) in [7, 11) is -1.43. The number of rotatable bonds is 26. The maximum Gasteiger partial charge on any atom is 0.469 e. The van der Waals surface area contributed by atoms with Gasteiger partial charge in [-0.05, 0) is 6.42 Å². The highest BCUT2D eigenvalue weighted by Crippen LogP contribution is 2.36. The normalized spacial score (nSPS) is 13.2. The minimum absolute atomic E-state index is 0.206. The summed E-state index contributed by atoms with van der Waals surface area (Å²) in [4.78, 5) is 32.0. The lowest BCUT2D eigenvalue weighted by Crippen LogP contribution is -2.44. The van der Waals surface area contributed by atoms with E-state index < -0.39 is 26.1 Å². The van der Waals surface area contributed by atoms with Crippen LogP contribution in [0.3, 0.4) is 0 Å². The van der Waals surface area contributed by atoms with Crippen molar-refractivity contribution in [2.75, 3.05) is 33.9 Å². The van der Waals surface area contributed by atoms with E-state index in [-0.39, 0.29) is 19.6 Å². The maximum absolute atomic E-state index is 12.3. The molecule has 0 radical (unpaired) electrons. The van der Waals surface area contributed by atoms with Crippen molar-refractivity contribution < 1.29 is 37.7 Å². The van der Waals surface area contributed by atoms with Gasteiger partial charge in [-0.3, -0.25) is 4.52 Å². The predicted molar refractivity (Wildman–Crippen MR) is 163 cm³/mol. The van der Waals surface area contributed by atoms with Crippen molar-refractivity contribution in [1.82, 2.24) is 4.90 Å². The highest BCUT2D eigenvalue weighted by molar-refractivity contribution is 7.46. The van der Waals surface area contributed by atoms with Crippen LogP contribution < -0.4 is 4.57 Å². The number of unbranched alkanes of at least 4 members (excludes halogenated alkanes) is 15. The average Bonchev–Trinajstić information content (AvgIpc) is 2.94. The summed E-state index contributed by atoms with van der Waals surface area (Å²) in [6.45, 7) is 2.83. The maximum atomic E-state index is 12.3. The fraction of sp³-hybridized carbons (Fsp3) is 0.806. The molecule has 1 amide bonds. The van der Waals surface area contributed by atoms with Crippen molar-refractivity contribution in [1.29, 1.82) is 0 Å². The zero-order valence-electron chi connectivity index (χ0n) is 26.0. The summed E-state index contributed by atoms with van der Waals surface area (Å²) in [5.74, 6) is 0. The van der Waals surface area contributed by atoms with Gasteiger partial charge in [0.05, 0.1) is 13.0 Å². The van der Waals surface area contributed by atoms with Crippen molar-refractivity contribution >= 4 is 13.9 Å². The van der Waals surface area contributed by atoms with Crippen LogP contribution in [0, 0.1) is 0 Å². The molecule has 0 aliphatic carbocycles. The van der Waals surface area contributed by atoms with E-state index in [1.807, 2.05) is 18.2 Å². The van der Waals surface area contributed by atoms with Gasteiger partial charge in [-0.25, -0.2) is 9.36 Å². The molecule has 2 atom stereocenters. The number of pyridine rings is 1. The number of phosphoric ester groups is 1. The summed E-state index contributed by atoms with van der Waals surface area (Å²) in [6, 6.07) is 5.03. The summed E-state index contributed by atoms with van der Waals surface area (Å²) >= 11 is 0. The van der Waals surface area contributed by atoms with E-state index in [1.165, 1.54) is 94.8 Å². The number of carbonyl (C=O) groups excluding carboxylic acids is 1. The number of carbonyl (C=O) groups is 1. The molecule has 2 unspecified atom stereocenters. The third kappa shape index (κ3) is 21.8. The van der Waals surface area contributed by atoms with E-state index in [9.17, 15) is 19.1 Å². The number of phosphoric acid groups is 1.